The van der Waals surface area contributed by atoms with Crippen molar-refractivity contribution in [2.75, 3.05) is 6.54 Å². The molecule has 0 atom stereocenters. The molecule has 0 amide bonds. The number of benzene rings is 1. The molecular weight excluding hydrogens is 278 g/mol. The van der Waals surface area contributed by atoms with Crippen LogP contribution in [-0.2, 0) is 19.3 Å². The van der Waals surface area contributed by atoms with Crippen molar-refractivity contribution in [3.8, 4) is 0 Å². The van der Waals surface area contributed by atoms with E-state index in [1.165, 1.54) is 27.3 Å². The van der Waals surface area contributed by atoms with Crippen LogP contribution in [0.1, 0.15) is 34.9 Å². The highest BCUT2D eigenvalue weighted by molar-refractivity contribution is 7.98. The van der Waals surface area contributed by atoms with Gasteiger partial charge in [0.05, 0.1) is 10.7 Å². The molecule has 0 radical (unpaired) electrons. The van der Waals surface area contributed by atoms with Gasteiger partial charge in [-0.05, 0) is 32.9 Å². The van der Waals surface area contributed by atoms with Crippen LogP contribution < -0.4 is 5.32 Å². The number of hydrogen-bond donors (Lipinski definition) is 1. The Hall–Kier alpha value is -1.26. The summed E-state index contributed by atoms with van der Waals surface area (Å²) in [5.41, 5.74) is 6.50. The third kappa shape index (κ3) is 4.11. The standard InChI is InChI=1S/C17H25N3S/c1-6-18-10-16-14(4)19-20(5)17(16)21-11-15-8-12(2)7-13(3)9-15/h7-9,18H,6,10-11H2,1-5H3. The molecule has 3 nitrogen and oxygen atoms in total. The molecule has 114 valence electrons. The molecule has 1 aromatic heterocycles. The Morgan fingerprint density at radius 3 is 2.43 bits per heavy atom. The fraction of sp³-hybridized carbons (Fsp3) is 0.471. The van der Waals surface area contributed by atoms with Crippen molar-refractivity contribution in [2.24, 2.45) is 7.05 Å². The molecule has 0 aliphatic carbocycles. The van der Waals surface area contributed by atoms with E-state index in [1.807, 2.05) is 23.5 Å². The van der Waals surface area contributed by atoms with Crippen molar-refractivity contribution >= 4 is 11.8 Å². The highest BCUT2D eigenvalue weighted by Crippen LogP contribution is 2.28. The van der Waals surface area contributed by atoms with E-state index >= 15 is 0 Å². The van der Waals surface area contributed by atoms with Gasteiger partial charge in [0.25, 0.3) is 0 Å². The van der Waals surface area contributed by atoms with E-state index in [0.29, 0.717) is 0 Å². The maximum absolute atomic E-state index is 4.57. The third-order valence-electron chi connectivity index (χ3n) is 3.50. The van der Waals surface area contributed by atoms with Gasteiger partial charge in [0.1, 0.15) is 0 Å². The van der Waals surface area contributed by atoms with Crippen molar-refractivity contribution in [3.05, 3.63) is 46.1 Å². The number of aromatic nitrogens is 2. The minimum atomic E-state index is 0.894. The predicted molar refractivity (Wildman–Crippen MR) is 90.8 cm³/mol. The smallest absolute Gasteiger partial charge is 0.0987 e. The van der Waals surface area contributed by atoms with Crippen LogP contribution >= 0.6 is 11.8 Å². The SMILES string of the molecule is CCNCc1c(C)nn(C)c1SCc1cc(C)cc(C)c1. The van der Waals surface area contributed by atoms with E-state index in [4.69, 9.17) is 0 Å². The second-order valence-electron chi connectivity index (χ2n) is 5.56. The molecule has 0 saturated carbocycles. The van der Waals surface area contributed by atoms with Crippen LogP contribution in [0.15, 0.2) is 23.2 Å². The lowest BCUT2D eigenvalue weighted by atomic mass is 10.1. The Labute approximate surface area is 132 Å². The lowest BCUT2D eigenvalue weighted by molar-refractivity contribution is 0.674. The normalized spacial score (nSPS) is 11.1. The summed E-state index contributed by atoms with van der Waals surface area (Å²) in [5.74, 6) is 0.987. The number of aryl methyl sites for hydroxylation is 4. The molecule has 1 aromatic carbocycles. The van der Waals surface area contributed by atoms with Gasteiger partial charge in [0, 0.05) is 24.9 Å². The summed E-state index contributed by atoms with van der Waals surface area (Å²) in [5, 5.41) is 9.25. The zero-order valence-corrected chi connectivity index (χ0v) is 14.5. The van der Waals surface area contributed by atoms with E-state index in [9.17, 15) is 0 Å². The molecule has 1 N–H and O–H groups in total. The van der Waals surface area contributed by atoms with Crippen LogP contribution in [0.25, 0.3) is 0 Å². The number of thioether (sulfide) groups is 1. The molecule has 0 spiro atoms. The summed E-state index contributed by atoms with van der Waals surface area (Å²) in [4.78, 5) is 0. The summed E-state index contributed by atoms with van der Waals surface area (Å²) < 4.78 is 2.01. The van der Waals surface area contributed by atoms with Gasteiger partial charge in [-0.1, -0.05) is 36.2 Å². The van der Waals surface area contributed by atoms with E-state index in [0.717, 1.165) is 24.5 Å². The summed E-state index contributed by atoms with van der Waals surface area (Å²) in [6.45, 7) is 10.4. The molecule has 0 bridgehead atoms. The maximum Gasteiger partial charge on any atom is 0.0987 e. The van der Waals surface area contributed by atoms with Crippen LogP contribution in [0, 0.1) is 20.8 Å². The molecule has 0 saturated heterocycles. The summed E-state index contributed by atoms with van der Waals surface area (Å²) in [7, 11) is 2.03. The maximum atomic E-state index is 4.57. The van der Waals surface area contributed by atoms with Crippen LogP contribution in [-0.4, -0.2) is 16.3 Å². The van der Waals surface area contributed by atoms with Gasteiger partial charge < -0.3 is 5.32 Å². The van der Waals surface area contributed by atoms with Crippen molar-refractivity contribution in [1.29, 1.82) is 0 Å². The average molecular weight is 303 g/mol. The fourth-order valence-electron chi connectivity index (χ4n) is 2.62. The van der Waals surface area contributed by atoms with Gasteiger partial charge in [0.2, 0.25) is 0 Å². The number of nitrogens with one attached hydrogen (secondary N) is 1. The van der Waals surface area contributed by atoms with Gasteiger partial charge in [-0.25, -0.2) is 0 Å². The van der Waals surface area contributed by atoms with Gasteiger partial charge in [0.15, 0.2) is 0 Å². The van der Waals surface area contributed by atoms with Crippen LogP contribution in [0.2, 0.25) is 0 Å². The van der Waals surface area contributed by atoms with Crippen molar-refractivity contribution in [3.63, 3.8) is 0 Å². The second kappa shape index (κ2) is 7.14. The second-order valence-corrected chi connectivity index (χ2v) is 6.52. The number of hydrogen-bond acceptors (Lipinski definition) is 3. The molecular formula is C17H25N3S. The minimum absolute atomic E-state index is 0.894. The molecule has 2 rings (SSSR count). The first-order valence-corrected chi connectivity index (χ1v) is 8.43. The molecule has 0 unspecified atom stereocenters. The molecule has 2 aromatic rings. The van der Waals surface area contributed by atoms with Crippen LogP contribution in [0.3, 0.4) is 0 Å². The Bertz CT molecular complexity index is 596. The van der Waals surface area contributed by atoms with E-state index in [2.05, 4.69) is 56.3 Å². The number of rotatable bonds is 6. The first-order valence-electron chi connectivity index (χ1n) is 7.44. The lowest BCUT2D eigenvalue weighted by Crippen LogP contribution is -2.12. The van der Waals surface area contributed by atoms with Gasteiger partial charge in [-0.15, -0.1) is 11.8 Å². The van der Waals surface area contributed by atoms with Gasteiger partial charge >= 0.3 is 0 Å². The van der Waals surface area contributed by atoms with Crippen LogP contribution in [0.5, 0.6) is 0 Å². The number of nitrogens with zero attached hydrogens (tertiary/aromatic N) is 2. The molecule has 0 fully saturated rings. The lowest BCUT2D eigenvalue weighted by Gasteiger charge is -2.08. The minimum Gasteiger partial charge on any atom is -0.313 e. The first-order chi connectivity index (χ1) is 10.0. The predicted octanol–water partition coefficient (Wildman–Crippen LogP) is 3.75. The highest BCUT2D eigenvalue weighted by atomic mass is 32.2. The molecule has 0 aliphatic rings. The topological polar surface area (TPSA) is 29.9 Å². The Kier molecular flexibility index (Phi) is 5.48. The molecule has 4 heteroatoms. The zero-order chi connectivity index (χ0) is 15.4. The zero-order valence-electron chi connectivity index (χ0n) is 13.7. The van der Waals surface area contributed by atoms with Crippen molar-refractivity contribution in [1.82, 2.24) is 15.1 Å². The first kappa shape index (κ1) is 16.1. The van der Waals surface area contributed by atoms with Gasteiger partial charge in [-0.2, -0.15) is 5.10 Å². The molecule has 1 heterocycles. The molecule has 21 heavy (non-hydrogen) atoms. The Morgan fingerprint density at radius 2 is 1.81 bits per heavy atom. The largest absolute Gasteiger partial charge is 0.313 e. The average Bonchev–Trinajstić information content (AvgIpc) is 2.67. The Morgan fingerprint density at radius 1 is 1.14 bits per heavy atom. The van der Waals surface area contributed by atoms with E-state index in [-0.39, 0.29) is 0 Å². The third-order valence-corrected chi connectivity index (χ3v) is 4.76. The Balaban J connectivity index is 2.15. The monoisotopic (exact) mass is 303 g/mol. The van der Waals surface area contributed by atoms with E-state index in [1.54, 1.807) is 0 Å². The highest BCUT2D eigenvalue weighted by Gasteiger charge is 2.13. The van der Waals surface area contributed by atoms with Crippen molar-refractivity contribution in [2.45, 2.75) is 45.0 Å². The summed E-state index contributed by atoms with van der Waals surface area (Å²) >= 11 is 1.88. The van der Waals surface area contributed by atoms with Crippen molar-refractivity contribution < 1.29 is 0 Å². The quantitative estimate of drug-likeness (QED) is 0.824. The molecule has 0 aliphatic heterocycles. The van der Waals surface area contributed by atoms with Gasteiger partial charge in [-0.3, -0.25) is 4.68 Å². The summed E-state index contributed by atoms with van der Waals surface area (Å²) in [6, 6.07) is 6.76. The summed E-state index contributed by atoms with van der Waals surface area (Å²) in [6.07, 6.45) is 0. The van der Waals surface area contributed by atoms with E-state index < -0.39 is 0 Å². The van der Waals surface area contributed by atoms with Crippen LogP contribution in [0.4, 0.5) is 0 Å². The fourth-order valence-corrected chi connectivity index (χ4v) is 3.71.